The monoisotopic (exact) mass is 128 g/mol. The lowest BCUT2D eigenvalue weighted by molar-refractivity contribution is 0.522. The molecule has 0 bridgehead atoms. The maximum atomic E-state index is 9.14. The minimum atomic E-state index is -3.21. The molecule has 0 spiro atoms. The summed E-state index contributed by atoms with van der Waals surface area (Å²) in [6.07, 6.45) is 0. The Labute approximate surface area is 35.7 Å². The molecule has 0 aromatic rings. The minimum Gasteiger partial charge on any atom is -0.220 e. The summed E-state index contributed by atoms with van der Waals surface area (Å²) in [5, 5.41) is 0. The SMILES string of the molecule is O=P(=O)[SH](=O)=O. The van der Waals surface area contributed by atoms with Gasteiger partial charge in [0.05, 0.1) is 0 Å². The van der Waals surface area contributed by atoms with Gasteiger partial charge >= 0.3 is 6.88 Å². The van der Waals surface area contributed by atoms with Crippen molar-refractivity contribution in [2.45, 2.75) is 0 Å². The van der Waals surface area contributed by atoms with Gasteiger partial charge in [-0.3, -0.25) is 0 Å². The van der Waals surface area contributed by atoms with Gasteiger partial charge in [-0.05, 0) is 0 Å². The molecule has 36 valence electrons. The van der Waals surface area contributed by atoms with Gasteiger partial charge < -0.3 is 0 Å². The van der Waals surface area contributed by atoms with Gasteiger partial charge in [0.15, 0.2) is 0 Å². The first-order valence-corrected chi connectivity index (χ1v) is 3.99. The van der Waals surface area contributed by atoms with Crippen LogP contribution in [0.15, 0.2) is 0 Å². The van der Waals surface area contributed by atoms with E-state index in [9.17, 15) is 0 Å². The summed E-state index contributed by atoms with van der Waals surface area (Å²) >= 11 is 0. The number of hydrogen-bond acceptors (Lipinski definition) is 4. The summed E-state index contributed by atoms with van der Waals surface area (Å²) in [6, 6.07) is 0. The van der Waals surface area contributed by atoms with Crippen molar-refractivity contribution in [3.05, 3.63) is 0 Å². The lowest BCUT2D eigenvalue weighted by atomic mass is 15.9. The highest BCUT2D eigenvalue weighted by Gasteiger charge is 1.83. The molecule has 0 saturated heterocycles. The predicted molar refractivity (Wildman–Crippen MR) is 18.6 cm³/mol. The molecule has 0 aromatic carbocycles. The van der Waals surface area contributed by atoms with E-state index < -0.39 is 17.2 Å². The van der Waals surface area contributed by atoms with Gasteiger partial charge in [0.1, 0.15) is 0 Å². The van der Waals surface area contributed by atoms with Crippen molar-refractivity contribution in [3.8, 4) is 0 Å². The van der Waals surface area contributed by atoms with Crippen LogP contribution in [0.5, 0.6) is 0 Å². The molecule has 6 heteroatoms. The Hall–Kier alpha value is -0.150. The van der Waals surface area contributed by atoms with Crippen molar-refractivity contribution in [3.63, 3.8) is 0 Å². The maximum Gasteiger partial charge on any atom is 0.432 e. The maximum absolute atomic E-state index is 9.14. The van der Waals surface area contributed by atoms with Crippen LogP contribution in [-0.2, 0) is 19.5 Å². The molecule has 6 heavy (non-hydrogen) atoms. The third-order valence-corrected chi connectivity index (χ3v) is 1.20. The zero-order chi connectivity index (χ0) is 5.15. The Bertz CT molecular complexity index is 124. The van der Waals surface area contributed by atoms with E-state index in [0.717, 1.165) is 0 Å². The first kappa shape index (κ1) is 5.85. The van der Waals surface area contributed by atoms with E-state index in [-0.39, 0.29) is 0 Å². The van der Waals surface area contributed by atoms with E-state index in [4.69, 9.17) is 17.5 Å². The molecular weight excluding hydrogens is 127 g/mol. The van der Waals surface area contributed by atoms with Crippen LogP contribution < -0.4 is 0 Å². The zero-order valence-electron chi connectivity index (χ0n) is 2.53. The average molecular weight is 128 g/mol. The highest BCUT2D eigenvalue weighted by molar-refractivity contribution is 8.30. The van der Waals surface area contributed by atoms with E-state index >= 15 is 0 Å². The van der Waals surface area contributed by atoms with E-state index in [1.807, 2.05) is 0 Å². The zero-order valence-corrected chi connectivity index (χ0v) is 4.32. The predicted octanol–water partition coefficient (Wildman–Crippen LogP) is -0.314. The highest BCUT2D eigenvalue weighted by Crippen LogP contribution is 1.98. The van der Waals surface area contributed by atoms with Crippen molar-refractivity contribution in [1.82, 2.24) is 0 Å². The molecule has 0 aliphatic carbocycles. The van der Waals surface area contributed by atoms with E-state index in [1.165, 1.54) is 0 Å². The average Bonchev–Trinajstić information content (AvgIpc) is 1.36. The molecule has 0 atom stereocenters. The highest BCUT2D eigenvalue weighted by atomic mass is 32.7. The van der Waals surface area contributed by atoms with Crippen LogP contribution in [0.4, 0.5) is 0 Å². The van der Waals surface area contributed by atoms with Crippen LogP contribution in [0.25, 0.3) is 0 Å². The molecule has 0 radical (unpaired) electrons. The number of rotatable bonds is 1. The fraction of sp³-hybridized carbons (Fsp3) is 0. The van der Waals surface area contributed by atoms with Crippen LogP contribution in [-0.4, -0.2) is 8.42 Å². The van der Waals surface area contributed by atoms with Gasteiger partial charge in [-0.2, -0.15) is 0 Å². The van der Waals surface area contributed by atoms with Gasteiger partial charge in [0.2, 0.25) is 0 Å². The Morgan fingerprint density at radius 3 is 1.33 bits per heavy atom. The first-order valence-electron chi connectivity index (χ1n) is 0.930. The normalized spacial score (nSPS) is 8.83. The second-order valence-electron chi connectivity index (χ2n) is 0.476. The lowest BCUT2D eigenvalue weighted by Crippen LogP contribution is -1.49. The molecule has 0 aliphatic rings. The molecule has 0 fully saturated rings. The summed E-state index contributed by atoms with van der Waals surface area (Å²) in [5.74, 6) is 0. The van der Waals surface area contributed by atoms with Crippen molar-refractivity contribution in [1.29, 1.82) is 0 Å². The van der Waals surface area contributed by atoms with E-state index in [2.05, 4.69) is 0 Å². The second kappa shape index (κ2) is 2.10. The molecule has 0 N–H and O–H groups in total. The molecule has 0 amide bonds. The quantitative estimate of drug-likeness (QED) is 0.388. The summed E-state index contributed by atoms with van der Waals surface area (Å²) in [6.45, 7) is -3.21. The van der Waals surface area contributed by atoms with Crippen molar-refractivity contribution in [2.24, 2.45) is 0 Å². The number of thiol groups is 1. The van der Waals surface area contributed by atoms with Crippen molar-refractivity contribution >= 4 is 17.2 Å². The minimum absolute atomic E-state index is 3.21. The van der Waals surface area contributed by atoms with Crippen molar-refractivity contribution in [2.75, 3.05) is 0 Å². The molecule has 0 unspecified atom stereocenters. The first-order chi connectivity index (χ1) is 2.64. The largest absolute Gasteiger partial charge is 0.432 e. The summed E-state index contributed by atoms with van der Waals surface area (Å²) < 4.78 is 36.6. The van der Waals surface area contributed by atoms with Crippen LogP contribution >= 0.6 is 6.88 Å². The standard InChI is InChI=1S/HO4PS/c1-5(2)6(3)4/h6H. The third kappa shape index (κ3) is 2.11. The fourth-order valence-electron chi connectivity index (χ4n) is 0. The van der Waals surface area contributed by atoms with Crippen LogP contribution in [0.1, 0.15) is 0 Å². The third-order valence-electron chi connectivity index (χ3n) is 0.133. The Balaban J connectivity index is 4.38. The fourth-order valence-corrected chi connectivity index (χ4v) is 0. The molecule has 0 aliphatic heterocycles. The van der Waals surface area contributed by atoms with E-state index in [0.29, 0.717) is 0 Å². The van der Waals surface area contributed by atoms with Gasteiger partial charge in [-0.15, -0.1) is 0 Å². The van der Waals surface area contributed by atoms with Gasteiger partial charge in [0.25, 0.3) is 10.3 Å². The molecule has 0 saturated carbocycles. The summed E-state index contributed by atoms with van der Waals surface area (Å²) in [7, 11) is -3.21. The van der Waals surface area contributed by atoms with Gasteiger partial charge in [-0.1, -0.05) is 0 Å². The lowest BCUT2D eigenvalue weighted by Gasteiger charge is -1.46. The van der Waals surface area contributed by atoms with Crippen molar-refractivity contribution < 1.29 is 17.5 Å². The van der Waals surface area contributed by atoms with Crippen LogP contribution in [0.3, 0.4) is 0 Å². The van der Waals surface area contributed by atoms with Gasteiger partial charge in [0, 0.05) is 0 Å². The Morgan fingerprint density at radius 2 is 1.33 bits per heavy atom. The Morgan fingerprint density at radius 1 is 1.17 bits per heavy atom. The molecular formula is HO4PS. The topological polar surface area (TPSA) is 68.3 Å². The van der Waals surface area contributed by atoms with E-state index in [1.54, 1.807) is 0 Å². The molecule has 0 aromatic heterocycles. The summed E-state index contributed by atoms with van der Waals surface area (Å²) in [5.41, 5.74) is 0. The molecule has 0 heterocycles. The Kier molecular flexibility index (Phi) is 2.05. The summed E-state index contributed by atoms with van der Waals surface area (Å²) in [4.78, 5) is 0. The molecule has 0 rings (SSSR count). The van der Waals surface area contributed by atoms with Gasteiger partial charge in [-0.25, -0.2) is 17.5 Å². The smallest absolute Gasteiger partial charge is 0.220 e. The number of hydrogen-bond donors (Lipinski definition) is 1. The second-order valence-corrected chi connectivity index (χ2v) is 3.39. The van der Waals surface area contributed by atoms with Crippen LogP contribution in [0.2, 0.25) is 0 Å². The molecule has 4 nitrogen and oxygen atoms in total. The van der Waals surface area contributed by atoms with Crippen LogP contribution in [0, 0.1) is 0 Å².